The molecule has 0 aliphatic carbocycles. The molecule has 44 heavy (non-hydrogen) atoms. The Morgan fingerprint density at radius 1 is 0.705 bits per heavy atom. The van der Waals surface area contributed by atoms with Crippen molar-refractivity contribution in [3.8, 4) is 0 Å². The van der Waals surface area contributed by atoms with Gasteiger partial charge in [0, 0.05) is 6.92 Å². The van der Waals surface area contributed by atoms with Gasteiger partial charge in [0.05, 0.1) is 0 Å². The van der Waals surface area contributed by atoms with E-state index in [1.165, 1.54) is 0 Å². The van der Waals surface area contributed by atoms with Crippen LogP contribution in [0.25, 0.3) is 0 Å². The van der Waals surface area contributed by atoms with E-state index >= 15 is 0 Å². The number of alkyl halides is 1. The first-order valence-electron chi connectivity index (χ1n) is 12.9. The van der Waals surface area contributed by atoms with Crippen LogP contribution in [0.1, 0.15) is 48.5 Å². The fourth-order valence-corrected chi connectivity index (χ4v) is 6.50. The van der Waals surface area contributed by atoms with Gasteiger partial charge in [0.2, 0.25) is 11.2 Å². The van der Waals surface area contributed by atoms with Crippen LogP contribution in [0.15, 0.2) is 0 Å². The summed E-state index contributed by atoms with van der Waals surface area (Å²) in [5.41, 5.74) is -18.0. The molecule has 2 saturated heterocycles. The molecule has 0 spiro atoms. The summed E-state index contributed by atoms with van der Waals surface area (Å²) in [6.07, 6.45) is -12.4. The van der Waals surface area contributed by atoms with E-state index in [4.69, 9.17) is 18.9 Å². The summed E-state index contributed by atoms with van der Waals surface area (Å²) in [6.45, 7) is 3.77. The van der Waals surface area contributed by atoms with E-state index in [9.17, 15) is 64.2 Å². The molecular formula is C26H35BrO17. The maximum atomic E-state index is 13.1. The first-order chi connectivity index (χ1) is 19.9. The predicted molar refractivity (Wildman–Crippen MR) is 143 cm³/mol. The van der Waals surface area contributed by atoms with Crippen LogP contribution in [0, 0.1) is 0 Å². The number of carbonyl (C=O) groups is 7. The molecule has 18 heteroatoms. The third-order valence-electron chi connectivity index (χ3n) is 8.19. The highest BCUT2D eigenvalue weighted by Crippen LogP contribution is 2.50. The van der Waals surface area contributed by atoms with E-state index < -0.39 is 111 Å². The molecule has 2 aliphatic heterocycles. The molecular weight excluding hydrogens is 664 g/mol. The first-order valence-corrected chi connectivity index (χ1v) is 13.9. The number of ether oxygens (including phenoxy) is 4. The van der Waals surface area contributed by atoms with Crippen LogP contribution in [-0.4, -0.2) is 142 Å². The lowest BCUT2D eigenvalue weighted by atomic mass is 9.61. The van der Waals surface area contributed by atoms with Crippen LogP contribution >= 0.6 is 15.9 Å². The molecule has 248 valence electrons. The fraction of sp³-hybridized carbons (Fsp3) is 0.731. The van der Waals surface area contributed by atoms with Crippen molar-refractivity contribution in [2.24, 2.45) is 0 Å². The summed E-state index contributed by atoms with van der Waals surface area (Å²) >= 11 is 2.80. The molecule has 2 aliphatic rings. The largest absolute Gasteiger partial charge is 0.463 e. The maximum absolute atomic E-state index is 13.1. The van der Waals surface area contributed by atoms with Gasteiger partial charge in [-0.2, -0.15) is 0 Å². The van der Waals surface area contributed by atoms with Gasteiger partial charge in [-0.15, -0.1) is 0 Å². The summed E-state index contributed by atoms with van der Waals surface area (Å²) < 4.78 is 21.3. The van der Waals surface area contributed by atoms with Crippen molar-refractivity contribution in [1.82, 2.24) is 0 Å². The van der Waals surface area contributed by atoms with Gasteiger partial charge in [-0.1, -0.05) is 15.9 Å². The van der Waals surface area contributed by atoms with E-state index in [1.54, 1.807) is 0 Å². The van der Waals surface area contributed by atoms with Crippen molar-refractivity contribution in [2.45, 2.75) is 112 Å². The second kappa shape index (κ2) is 12.4. The smallest absolute Gasteiger partial charge is 0.302 e. The number of hydrogen-bond acceptors (Lipinski definition) is 17. The van der Waals surface area contributed by atoms with Crippen LogP contribution in [0.5, 0.6) is 0 Å². The highest BCUT2D eigenvalue weighted by molar-refractivity contribution is 9.09. The Morgan fingerprint density at radius 2 is 1.16 bits per heavy atom. The summed E-state index contributed by atoms with van der Waals surface area (Å²) in [4.78, 5) is 88.4. The van der Waals surface area contributed by atoms with Gasteiger partial charge in [-0.3, -0.25) is 33.6 Å². The third-order valence-corrected chi connectivity index (χ3v) is 9.07. The minimum absolute atomic E-state index is 0.564. The lowest BCUT2D eigenvalue weighted by Crippen LogP contribution is -2.87. The maximum Gasteiger partial charge on any atom is 0.302 e. The van der Waals surface area contributed by atoms with E-state index in [1.807, 2.05) is 0 Å². The average Bonchev–Trinajstić information content (AvgIpc) is 2.90. The zero-order valence-electron chi connectivity index (χ0n) is 24.7. The zero-order chi connectivity index (χ0) is 34.5. The summed E-state index contributed by atoms with van der Waals surface area (Å²) in [7, 11) is 0. The van der Waals surface area contributed by atoms with E-state index in [0.717, 1.165) is 20.8 Å². The molecule has 2 unspecified atom stereocenters. The summed E-state index contributed by atoms with van der Waals surface area (Å²) in [5, 5.41) is 66.9. The van der Waals surface area contributed by atoms with Gasteiger partial charge >= 0.3 is 5.97 Å². The number of halogens is 1. The van der Waals surface area contributed by atoms with Gasteiger partial charge in [-0.05, 0) is 41.5 Å². The van der Waals surface area contributed by atoms with Crippen LogP contribution in [-0.2, 0) is 52.5 Å². The van der Waals surface area contributed by atoms with Gasteiger partial charge in [0.25, 0.3) is 0 Å². The van der Waals surface area contributed by atoms with Gasteiger partial charge in [-0.25, -0.2) is 0 Å². The molecule has 0 bridgehead atoms. The molecule has 2 heterocycles. The lowest BCUT2D eigenvalue weighted by molar-refractivity contribution is -0.396. The third kappa shape index (κ3) is 5.10. The predicted octanol–water partition coefficient (Wildman–Crippen LogP) is -3.67. The van der Waals surface area contributed by atoms with Crippen molar-refractivity contribution < 1.29 is 83.1 Å². The molecule has 17 nitrogen and oxygen atoms in total. The quantitative estimate of drug-likeness (QED) is 0.0895. The van der Waals surface area contributed by atoms with Crippen LogP contribution in [0.4, 0.5) is 0 Å². The minimum Gasteiger partial charge on any atom is -0.463 e. The van der Waals surface area contributed by atoms with Gasteiger partial charge in [0.1, 0.15) is 31.0 Å². The molecule has 0 saturated carbocycles. The number of ketones is 6. The Hall–Kier alpha value is -2.39. The molecule has 2 fully saturated rings. The number of carbonyl (C=O) groups excluding carboxylic acids is 7. The van der Waals surface area contributed by atoms with Crippen molar-refractivity contribution in [2.75, 3.05) is 6.61 Å². The standard InChI is InChI=1S/C26H35BrO17/c1-9(28)17(35)18-19(23(37,11(3)30)24(38,12(4)31)20(27)43-18)44-21-25(39,13(5)32)26(40,14(6)33)22(36,10(2)29)16(42-21)8-41-15(7)34/h16-21,35-40H,8H2,1-7H3/t16-,17?,18-,19-,20?,21+,22+,23+,24+,25+,26+/m1/s1. The molecule has 11 atom stereocenters. The van der Waals surface area contributed by atoms with E-state index in [0.29, 0.717) is 27.7 Å². The number of aliphatic hydroxyl groups excluding tert-OH is 1. The molecule has 2 rings (SSSR count). The van der Waals surface area contributed by atoms with Gasteiger partial charge < -0.3 is 49.6 Å². The zero-order valence-corrected chi connectivity index (χ0v) is 26.3. The number of esters is 1. The van der Waals surface area contributed by atoms with Crippen molar-refractivity contribution in [3.63, 3.8) is 0 Å². The Labute approximate surface area is 258 Å². The topological polar surface area (TPSA) is 278 Å². The molecule has 0 aromatic rings. The lowest BCUT2D eigenvalue weighted by Gasteiger charge is -2.59. The summed E-state index contributed by atoms with van der Waals surface area (Å²) in [6, 6.07) is 0. The normalized spacial score (nSPS) is 41.3. The second-order valence-corrected chi connectivity index (χ2v) is 11.7. The van der Waals surface area contributed by atoms with E-state index in [-0.39, 0.29) is 0 Å². The first kappa shape index (κ1) is 37.8. The van der Waals surface area contributed by atoms with E-state index in [2.05, 4.69) is 15.9 Å². The Bertz CT molecular complexity index is 1270. The van der Waals surface area contributed by atoms with Crippen molar-refractivity contribution in [1.29, 1.82) is 0 Å². The fourth-order valence-electron chi connectivity index (χ4n) is 5.58. The Morgan fingerprint density at radius 3 is 1.52 bits per heavy atom. The van der Waals surface area contributed by atoms with Crippen molar-refractivity contribution in [3.05, 3.63) is 0 Å². The molecule has 0 aromatic carbocycles. The highest BCUT2D eigenvalue weighted by Gasteiger charge is 2.80. The Kier molecular flexibility index (Phi) is 10.7. The molecule has 6 N–H and O–H groups in total. The number of rotatable bonds is 11. The Balaban J connectivity index is 3.01. The molecule has 0 aromatic heterocycles. The highest BCUT2D eigenvalue weighted by atomic mass is 79.9. The number of hydrogen-bond donors (Lipinski definition) is 6. The monoisotopic (exact) mass is 698 g/mol. The number of Topliss-reactive ketones (excluding diaryl/α,β-unsaturated/α-hetero) is 6. The van der Waals surface area contributed by atoms with Crippen LogP contribution in [0.2, 0.25) is 0 Å². The van der Waals surface area contributed by atoms with Crippen LogP contribution < -0.4 is 0 Å². The molecule has 0 amide bonds. The van der Waals surface area contributed by atoms with Gasteiger partial charge in [0.15, 0.2) is 62.8 Å². The number of aliphatic hydroxyl groups is 6. The minimum atomic E-state index is -3.88. The SMILES string of the molecule is CC(=O)OC[C@H]1O[C@@H](O[C@@H]2[C@@H](C(O)C(C)=O)OC(Br)[C@@](O)(C(C)=O)[C@]2(O)C(C)=O)[C@@](O)(C(C)=O)[C@](O)(C(C)=O)[C@]1(O)C(C)=O. The van der Waals surface area contributed by atoms with Crippen molar-refractivity contribution >= 4 is 56.6 Å². The molecule has 0 radical (unpaired) electrons. The second-order valence-electron chi connectivity index (χ2n) is 10.8. The average molecular weight is 699 g/mol. The van der Waals surface area contributed by atoms with Crippen LogP contribution in [0.3, 0.4) is 0 Å². The summed E-state index contributed by atoms with van der Waals surface area (Å²) in [5.74, 6) is -9.58.